The highest BCUT2D eigenvalue weighted by molar-refractivity contribution is 7.51. The molecule has 0 radical (unpaired) electrons. The Morgan fingerprint density at radius 2 is 1.55 bits per heavy atom. The number of ether oxygens (including phenoxy) is 3. The van der Waals surface area contributed by atoms with Gasteiger partial charge in [-0.3, -0.25) is 13.7 Å². The van der Waals surface area contributed by atoms with E-state index in [0.29, 0.717) is 6.61 Å². The number of rotatable bonds is 21. The smallest absolute Gasteiger partial charge is 0.351 e. The van der Waals surface area contributed by atoms with Crippen molar-refractivity contribution in [2.45, 2.75) is 121 Å². The zero-order valence-corrected chi connectivity index (χ0v) is 24.5. The first-order valence-corrected chi connectivity index (χ1v) is 16.4. The van der Waals surface area contributed by atoms with Crippen LogP contribution in [0.2, 0.25) is 0 Å². The van der Waals surface area contributed by atoms with Crippen LogP contribution in [0.25, 0.3) is 0 Å². The molecule has 1 aliphatic heterocycles. The SMILES string of the molecule is CCCCCCCCCCCCCCCCOC1C(OP(C)(=O)O)C(COC)OC1n1ccc(N)nc1=O. The molecule has 5 unspecified atom stereocenters. The van der Waals surface area contributed by atoms with Crippen molar-refractivity contribution < 1.29 is 28.2 Å². The van der Waals surface area contributed by atoms with Crippen molar-refractivity contribution in [2.24, 2.45) is 0 Å². The van der Waals surface area contributed by atoms with Crippen LogP contribution >= 0.6 is 7.60 Å². The normalized spacial score (nSPS) is 23.1. The van der Waals surface area contributed by atoms with Gasteiger partial charge in [0.05, 0.1) is 6.61 Å². The summed E-state index contributed by atoms with van der Waals surface area (Å²) in [4.78, 5) is 26.2. The molecule has 10 nitrogen and oxygen atoms in total. The molecule has 1 saturated heterocycles. The van der Waals surface area contributed by atoms with E-state index in [-0.39, 0.29) is 12.4 Å². The van der Waals surface area contributed by atoms with Crippen LogP contribution in [-0.4, -0.2) is 59.7 Å². The maximum atomic E-state index is 12.5. The van der Waals surface area contributed by atoms with Crippen LogP contribution < -0.4 is 11.4 Å². The molecule has 38 heavy (non-hydrogen) atoms. The third-order valence-corrected chi connectivity index (χ3v) is 7.50. The maximum absolute atomic E-state index is 12.5. The minimum atomic E-state index is -3.86. The van der Waals surface area contributed by atoms with Gasteiger partial charge in [-0.2, -0.15) is 4.98 Å². The molecule has 3 N–H and O–H groups in total. The van der Waals surface area contributed by atoms with Gasteiger partial charge in [-0.05, 0) is 12.5 Å². The summed E-state index contributed by atoms with van der Waals surface area (Å²) in [5, 5.41) is 0. The van der Waals surface area contributed by atoms with Crippen molar-refractivity contribution in [3.63, 3.8) is 0 Å². The molecule has 5 atom stereocenters. The molecule has 220 valence electrons. The number of nitrogens with two attached hydrogens (primary N) is 1. The molecule has 11 heteroatoms. The van der Waals surface area contributed by atoms with Gasteiger partial charge >= 0.3 is 13.3 Å². The van der Waals surface area contributed by atoms with E-state index >= 15 is 0 Å². The molecular formula is C27H50N3O7P. The molecule has 0 aliphatic carbocycles. The van der Waals surface area contributed by atoms with E-state index in [2.05, 4.69) is 11.9 Å². The Hall–Kier alpha value is -1.29. The van der Waals surface area contributed by atoms with Gasteiger partial charge in [-0.15, -0.1) is 0 Å². The van der Waals surface area contributed by atoms with E-state index < -0.39 is 37.8 Å². The van der Waals surface area contributed by atoms with E-state index in [4.69, 9.17) is 24.5 Å². The van der Waals surface area contributed by atoms with Gasteiger partial charge in [0.1, 0.15) is 24.1 Å². The number of nitrogen functional groups attached to an aromatic ring is 1. The number of unbranched alkanes of at least 4 members (excludes halogenated alkanes) is 13. The van der Waals surface area contributed by atoms with E-state index in [1.54, 1.807) is 0 Å². The lowest BCUT2D eigenvalue weighted by atomic mass is 10.0. The van der Waals surface area contributed by atoms with Crippen molar-refractivity contribution in [2.75, 3.05) is 32.7 Å². The van der Waals surface area contributed by atoms with Crippen molar-refractivity contribution in [1.82, 2.24) is 9.55 Å². The summed E-state index contributed by atoms with van der Waals surface area (Å²) in [6.45, 7) is 3.89. The van der Waals surface area contributed by atoms with Crippen LogP contribution in [0.4, 0.5) is 5.82 Å². The summed E-state index contributed by atoms with van der Waals surface area (Å²) >= 11 is 0. The van der Waals surface area contributed by atoms with Crippen LogP contribution in [0.1, 0.15) is 103 Å². The Balaban J connectivity index is 1.78. The molecular weight excluding hydrogens is 509 g/mol. The first-order valence-electron chi connectivity index (χ1n) is 14.4. The van der Waals surface area contributed by atoms with Crippen LogP contribution in [0.15, 0.2) is 17.1 Å². The van der Waals surface area contributed by atoms with Gasteiger partial charge in [0.2, 0.25) is 0 Å². The third kappa shape index (κ3) is 12.3. The summed E-state index contributed by atoms with van der Waals surface area (Å²) in [6.07, 6.45) is 15.8. The van der Waals surface area contributed by atoms with Crippen molar-refractivity contribution in [3.8, 4) is 0 Å². The molecule has 0 bridgehead atoms. The van der Waals surface area contributed by atoms with Gasteiger partial charge in [0.25, 0.3) is 0 Å². The predicted molar refractivity (Wildman–Crippen MR) is 149 cm³/mol. The number of nitrogens with zero attached hydrogens (tertiary/aromatic N) is 2. The lowest BCUT2D eigenvalue weighted by Crippen LogP contribution is -2.39. The van der Waals surface area contributed by atoms with Gasteiger partial charge in [0, 0.05) is 26.6 Å². The molecule has 1 fully saturated rings. The number of methoxy groups -OCH3 is 1. The van der Waals surface area contributed by atoms with E-state index in [1.807, 2.05) is 0 Å². The first kappa shape index (κ1) is 32.9. The maximum Gasteiger partial charge on any atom is 0.351 e. The zero-order chi connectivity index (χ0) is 27.8. The average Bonchev–Trinajstić information content (AvgIpc) is 3.17. The molecule has 1 aromatic heterocycles. The van der Waals surface area contributed by atoms with Crippen molar-refractivity contribution in [3.05, 3.63) is 22.7 Å². The van der Waals surface area contributed by atoms with Gasteiger partial charge in [-0.1, -0.05) is 90.4 Å². The van der Waals surface area contributed by atoms with Crippen LogP contribution in [0.3, 0.4) is 0 Å². The summed E-state index contributed by atoms with van der Waals surface area (Å²) < 4.78 is 36.3. The monoisotopic (exact) mass is 559 g/mol. The first-order chi connectivity index (χ1) is 18.3. The van der Waals surface area contributed by atoms with Crippen LogP contribution in [-0.2, 0) is 23.3 Å². The minimum Gasteiger partial charge on any atom is -0.383 e. The summed E-state index contributed by atoms with van der Waals surface area (Å²) in [5.74, 6) is 0.0961. The Bertz CT molecular complexity index is 878. The number of anilines is 1. The Morgan fingerprint density at radius 3 is 2.05 bits per heavy atom. The molecule has 2 rings (SSSR count). The van der Waals surface area contributed by atoms with Crippen molar-refractivity contribution in [1.29, 1.82) is 0 Å². The molecule has 1 aromatic rings. The quantitative estimate of drug-likeness (QED) is 0.149. The lowest BCUT2D eigenvalue weighted by Gasteiger charge is -2.26. The third-order valence-electron chi connectivity index (χ3n) is 6.87. The largest absolute Gasteiger partial charge is 0.383 e. The highest BCUT2D eigenvalue weighted by Gasteiger charge is 2.49. The fourth-order valence-electron chi connectivity index (χ4n) is 4.90. The van der Waals surface area contributed by atoms with E-state index in [9.17, 15) is 14.3 Å². The highest BCUT2D eigenvalue weighted by atomic mass is 31.2. The summed E-state index contributed by atoms with van der Waals surface area (Å²) in [6, 6.07) is 1.49. The second-order valence-corrected chi connectivity index (χ2v) is 12.2. The predicted octanol–water partition coefficient (Wildman–Crippen LogP) is 5.44. The number of aromatic nitrogens is 2. The Labute approximate surface area is 228 Å². The number of hydrogen-bond donors (Lipinski definition) is 2. The minimum absolute atomic E-state index is 0.0961. The summed E-state index contributed by atoms with van der Waals surface area (Å²) in [5.41, 5.74) is 5.04. The van der Waals surface area contributed by atoms with E-state index in [0.717, 1.165) is 25.9 Å². The Morgan fingerprint density at radius 1 is 1.00 bits per heavy atom. The van der Waals surface area contributed by atoms with Crippen LogP contribution in [0, 0.1) is 0 Å². The van der Waals surface area contributed by atoms with Gasteiger partial charge < -0.3 is 24.8 Å². The van der Waals surface area contributed by atoms with Gasteiger partial charge in [-0.25, -0.2) is 4.79 Å². The highest BCUT2D eigenvalue weighted by Crippen LogP contribution is 2.45. The van der Waals surface area contributed by atoms with Gasteiger partial charge in [0.15, 0.2) is 6.23 Å². The molecule has 0 amide bonds. The fourth-order valence-corrected chi connectivity index (χ4v) is 5.60. The second kappa shape index (κ2) is 18.1. The molecule has 1 aliphatic rings. The fraction of sp³-hybridized carbons (Fsp3) is 0.852. The van der Waals surface area contributed by atoms with E-state index in [1.165, 1.54) is 94.6 Å². The standard InChI is InChI=1S/C27H50N3O7P/c1-4-5-6-7-8-9-10-11-12-13-14-15-16-17-20-35-25-24(37-38(3,32)33)22(21-34-2)36-26(25)30-19-18-23(28)29-27(30)31/h18-19,22,24-26H,4-17,20-21H2,1-3H3,(H,32,33)(H2,28,29,31). The second-order valence-electron chi connectivity index (χ2n) is 10.4. The Kier molecular flexibility index (Phi) is 15.7. The average molecular weight is 560 g/mol. The molecule has 0 saturated carbocycles. The number of hydrogen-bond acceptors (Lipinski definition) is 8. The molecule has 2 heterocycles. The molecule has 0 spiro atoms. The lowest BCUT2D eigenvalue weighted by molar-refractivity contribution is -0.0767. The molecule has 0 aromatic carbocycles. The zero-order valence-electron chi connectivity index (χ0n) is 23.6. The van der Waals surface area contributed by atoms with Crippen molar-refractivity contribution >= 4 is 13.4 Å². The van der Waals surface area contributed by atoms with Crippen LogP contribution in [0.5, 0.6) is 0 Å². The topological polar surface area (TPSA) is 135 Å². The summed E-state index contributed by atoms with van der Waals surface area (Å²) in [7, 11) is -2.36.